The minimum absolute atomic E-state index is 0.230. The number of ketones is 1. The summed E-state index contributed by atoms with van der Waals surface area (Å²) in [4.78, 5) is 12.3. The lowest BCUT2D eigenvalue weighted by atomic mass is 9.95. The van der Waals surface area contributed by atoms with Crippen LogP contribution in [-0.2, 0) is 4.79 Å². The van der Waals surface area contributed by atoms with Crippen LogP contribution in [0.5, 0.6) is 0 Å². The molecule has 0 aromatic carbocycles. The van der Waals surface area contributed by atoms with Crippen LogP contribution in [0.25, 0.3) is 0 Å². The highest BCUT2D eigenvalue weighted by Crippen LogP contribution is 2.57. The third kappa shape index (κ3) is 3.41. The molecule has 0 aromatic rings. The normalized spacial score (nSPS) is 18.3. The number of hydrogen-bond acceptors (Lipinski definition) is 2. The quantitative estimate of drug-likeness (QED) is 0.496. The monoisotopic (exact) mass is 393 g/mol. The number of carbonyl (C=O) groups excluding carboxylic acids is 1. The van der Waals surface area contributed by atoms with Crippen LogP contribution in [0.1, 0.15) is 12.8 Å². The summed E-state index contributed by atoms with van der Waals surface area (Å²) < 4.78 is 140. The minimum atomic E-state index is -7.57. The van der Waals surface area contributed by atoms with Gasteiger partial charge in [0.1, 0.15) is 0 Å². The fraction of sp³-hybridized carbons (Fsp3) is 0.750. The van der Waals surface area contributed by atoms with Crippen LogP contribution in [0, 0.1) is 0 Å². The van der Waals surface area contributed by atoms with E-state index in [0.29, 0.717) is 19.0 Å². The molecule has 0 saturated carbocycles. The first kappa shape index (κ1) is 21.5. The highest BCUT2D eigenvalue weighted by molar-refractivity contribution is 5.96. The van der Waals surface area contributed by atoms with E-state index in [0.717, 1.165) is 0 Å². The molecule has 0 aromatic heterocycles. The lowest BCUT2D eigenvalue weighted by Crippen LogP contribution is -2.67. The van der Waals surface area contributed by atoms with E-state index in [1.54, 1.807) is 0 Å². The van der Waals surface area contributed by atoms with Gasteiger partial charge in [0.25, 0.3) is 0 Å². The molecule has 1 saturated heterocycles. The van der Waals surface area contributed by atoms with Gasteiger partial charge in [-0.2, -0.15) is 48.3 Å². The summed E-state index contributed by atoms with van der Waals surface area (Å²) in [5, 5.41) is 0. The van der Waals surface area contributed by atoms with Crippen LogP contribution in [0.2, 0.25) is 0 Å². The van der Waals surface area contributed by atoms with Gasteiger partial charge in [-0.1, -0.05) is 0 Å². The Morgan fingerprint density at radius 3 is 1.56 bits per heavy atom. The van der Waals surface area contributed by atoms with Gasteiger partial charge >= 0.3 is 29.9 Å². The van der Waals surface area contributed by atoms with E-state index in [1.807, 2.05) is 0 Å². The second-order valence-electron chi connectivity index (χ2n) is 5.22. The fourth-order valence-electron chi connectivity index (χ4n) is 1.90. The number of rotatable bonds is 6. The van der Waals surface area contributed by atoms with E-state index in [4.69, 9.17) is 0 Å². The van der Waals surface area contributed by atoms with Crippen molar-refractivity contribution >= 4 is 5.78 Å². The van der Waals surface area contributed by atoms with Crippen LogP contribution in [0.3, 0.4) is 0 Å². The van der Waals surface area contributed by atoms with Crippen LogP contribution in [-0.4, -0.2) is 53.6 Å². The first-order valence-corrected chi connectivity index (χ1v) is 6.55. The molecule has 25 heavy (non-hydrogen) atoms. The largest absolute Gasteiger partial charge is 0.460 e. The highest BCUT2D eigenvalue weighted by atomic mass is 19.4. The zero-order valence-corrected chi connectivity index (χ0v) is 12.0. The Labute approximate surface area is 133 Å². The van der Waals surface area contributed by atoms with Gasteiger partial charge in [0.2, 0.25) is 5.78 Å². The van der Waals surface area contributed by atoms with Crippen molar-refractivity contribution < 1.29 is 53.1 Å². The van der Waals surface area contributed by atoms with E-state index in [1.165, 1.54) is 4.90 Å². The number of halogens is 11. The maximum absolute atomic E-state index is 13.3. The molecule has 0 bridgehead atoms. The predicted molar refractivity (Wildman–Crippen MR) is 60.8 cm³/mol. The number of alkyl halides is 11. The van der Waals surface area contributed by atoms with E-state index in [9.17, 15) is 53.1 Å². The van der Waals surface area contributed by atoms with E-state index < -0.39 is 35.6 Å². The Bertz CT molecular complexity index is 532. The zero-order chi connectivity index (χ0) is 19.9. The van der Waals surface area contributed by atoms with Gasteiger partial charge in [-0.15, -0.1) is 0 Å². The van der Waals surface area contributed by atoms with Crippen molar-refractivity contribution in [3.63, 3.8) is 0 Å². The molecule has 0 aliphatic carbocycles. The molecule has 0 unspecified atom stereocenters. The smallest absolute Gasteiger partial charge is 0.377 e. The molecular formula is C12H10F11NO. The van der Waals surface area contributed by atoms with E-state index >= 15 is 0 Å². The van der Waals surface area contributed by atoms with Crippen molar-refractivity contribution in [1.82, 2.24) is 4.90 Å². The Morgan fingerprint density at radius 1 is 0.720 bits per heavy atom. The molecule has 0 spiro atoms. The highest BCUT2D eigenvalue weighted by Gasteiger charge is 2.88. The summed E-state index contributed by atoms with van der Waals surface area (Å²) in [6.07, 6.45) is -5.84. The van der Waals surface area contributed by atoms with Crippen LogP contribution < -0.4 is 0 Å². The Kier molecular flexibility index (Phi) is 5.42. The van der Waals surface area contributed by atoms with Crippen molar-refractivity contribution in [3.05, 3.63) is 12.3 Å². The summed E-state index contributed by atoms with van der Waals surface area (Å²) in [6, 6.07) is 0. The molecule has 0 N–H and O–H groups in total. The third-order valence-corrected chi connectivity index (χ3v) is 3.43. The van der Waals surface area contributed by atoms with E-state index in [-0.39, 0.29) is 19.2 Å². The first-order chi connectivity index (χ1) is 11.0. The number of allylic oxidation sites excluding steroid dienone is 1. The average Bonchev–Trinajstić information content (AvgIpc) is 2.95. The van der Waals surface area contributed by atoms with Gasteiger partial charge in [-0.3, -0.25) is 4.79 Å². The van der Waals surface area contributed by atoms with Crippen molar-refractivity contribution in [3.8, 4) is 0 Å². The van der Waals surface area contributed by atoms with Crippen LogP contribution in [0.4, 0.5) is 48.3 Å². The molecule has 1 aliphatic heterocycles. The maximum Gasteiger partial charge on any atom is 0.460 e. The molecule has 1 fully saturated rings. The predicted octanol–water partition coefficient (Wildman–Crippen LogP) is 4.27. The zero-order valence-electron chi connectivity index (χ0n) is 12.0. The minimum Gasteiger partial charge on any atom is -0.377 e. The number of likely N-dealkylation sites (tertiary alicyclic amines) is 1. The molecule has 0 atom stereocenters. The lowest BCUT2D eigenvalue weighted by Gasteiger charge is -2.36. The Balaban J connectivity index is 3.17. The summed E-state index contributed by atoms with van der Waals surface area (Å²) >= 11 is 0. The van der Waals surface area contributed by atoms with Gasteiger partial charge < -0.3 is 4.90 Å². The Morgan fingerprint density at radius 2 is 1.16 bits per heavy atom. The summed E-state index contributed by atoms with van der Waals surface area (Å²) in [7, 11) is 0. The van der Waals surface area contributed by atoms with Crippen LogP contribution in [0.15, 0.2) is 12.3 Å². The van der Waals surface area contributed by atoms with Gasteiger partial charge in [0.15, 0.2) is 0 Å². The van der Waals surface area contributed by atoms with Gasteiger partial charge in [0.05, 0.1) is 0 Å². The standard InChI is InChI=1S/C12H10F11NO/c13-8(14,7(25)3-6-24-4-1-2-5-24)9(15,16)10(17,18)11(19,20)12(21,22)23/h3,6H,1-2,4-5H2/b6-3+. The molecule has 0 amide bonds. The lowest BCUT2D eigenvalue weighted by molar-refractivity contribution is -0.416. The molecule has 1 rings (SSSR count). The SMILES string of the molecule is O=C(/C=C/N1CCCC1)C(F)(F)C(F)(F)C(F)(F)C(F)(F)C(F)(F)F. The van der Waals surface area contributed by atoms with Crippen molar-refractivity contribution in [1.29, 1.82) is 0 Å². The molecule has 1 heterocycles. The molecule has 146 valence electrons. The average molecular weight is 393 g/mol. The number of carbonyl (C=O) groups is 1. The van der Waals surface area contributed by atoms with Crippen LogP contribution >= 0.6 is 0 Å². The van der Waals surface area contributed by atoms with Crippen molar-refractivity contribution in [2.75, 3.05) is 13.1 Å². The van der Waals surface area contributed by atoms with E-state index in [2.05, 4.69) is 0 Å². The summed E-state index contributed by atoms with van der Waals surface area (Å²) in [5.41, 5.74) is 0. The van der Waals surface area contributed by atoms with Crippen molar-refractivity contribution in [2.45, 2.75) is 42.7 Å². The van der Waals surface area contributed by atoms with Crippen molar-refractivity contribution in [2.24, 2.45) is 0 Å². The molecule has 1 aliphatic rings. The third-order valence-electron chi connectivity index (χ3n) is 3.43. The topological polar surface area (TPSA) is 20.3 Å². The summed E-state index contributed by atoms with van der Waals surface area (Å²) in [6.45, 7) is 0.460. The molecule has 0 radical (unpaired) electrons. The first-order valence-electron chi connectivity index (χ1n) is 6.55. The van der Waals surface area contributed by atoms with Gasteiger partial charge in [-0.25, -0.2) is 0 Å². The second-order valence-corrected chi connectivity index (χ2v) is 5.22. The number of hydrogen-bond donors (Lipinski definition) is 0. The number of nitrogens with zero attached hydrogens (tertiary/aromatic N) is 1. The second kappa shape index (κ2) is 6.31. The fourth-order valence-corrected chi connectivity index (χ4v) is 1.90. The van der Waals surface area contributed by atoms with Gasteiger partial charge in [0, 0.05) is 25.4 Å². The maximum atomic E-state index is 13.3. The van der Waals surface area contributed by atoms with Gasteiger partial charge in [-0.05, 0) is 12.8 Å². The molecular weight excluding hydrogens is 383 g/mol. The molecule has 13 heteroatoms. The summed E-state index contributed by atoms with van der Waals surface area (Å²) in [5.74, 6) is -31.9. The molecule has 2 nitrogen and oxygen atoms in total. The Hall–Kier alpha value is -1.56.